The van der Waals surface area contributed by atoms with Crippen molar-refractivity contribution in [2.45, 2.75) is 58.4 Å². The maximum absolute atomic E-state index is 13.6. The number of halogens is 1. The number of hydrazine groups is 1. The number of nitrogens with one attached hydrogen (secondary N) is 2. The molecule has 1 saturated carbocycles. The first kappa shape index (κ1) is 24.9. The Morgan fingerprint density at radius 2 is 1.82 bits per heavy atom. The third-order valence-electron chi connectivity index (χ3n) is 6.27. The quantitative estimate of drug-likeness (QED) is 0.467. The fourth-order valence-electron chi connectivity index (χ4n) is 4.34. The molecule has 2 amide bonds. The Labute approximate surface area is 201 Å². The van der Waals surface area contributed by atoms with Crippen LogP contribution in [0.5, 0.6) is 5.75 Å². The van der Waals surface area contributed by atoms with Crippen molar-refractivity contribution in [1.82, 2.24) is 10.3 Å². The molecule has 6 nitrogen and oxygen atoms in total. The van der Waals surface area contributed by atoms with E-state index in [0.717, 1.165) is 29.8 Å². The minimum atomic E-state index is -0.636. The highest BCUT2D eigenvalue weighted by molar-refractivity contribution is 6.34. The maximum Gasteiger partial charge on any atom is 0.263 e. The Bertz CT molecular complexity index is 942. The van der Waals surface area contributed by atoms with Gasteiger partial charge in [-0.2, -0.15) is 0 Å². The molecule has 0 radical (unpaired) electrons. The highest BCUT2D eigenvalue weighted by Crippen LogP contribution is 2.28. The number of hydrogen-bond donors (Lipinski definition) is 2. The van der Waals surface area contributed by atoms with Gasteiger partial charge in [-0.05, 0) is 62.1 Å². The first-order valence-corrected chi connectivity index (χ1v) is 12.1. The molecule has 1 atom stereocenters. The highest BCUT2D eigenvalue weighted by Gasteiger charge is 2.30. The van der Waals surface area contributed by atoms with Crippen molar-refractivity contribution in [3.8, 4) is 5.75 Å². The predicted molar refractivity (Wildman–Crippen MR) is 133 cm³/mol. The van der Waals surface area contributed by atoms with E-state index in [1.165, 1.54) is 19.3 Å². The lowest BCUT2D eigenvalue weighted by Crippen LogP contribution is -2.51. The molecule has 2 aromatic carbocycles. The molecule has 0 saturated heterocycles. The molecule has 0 heterocycles. The Kier molecular flexibility index (Phi) is 9.01. The minimum Gasteiger partial charge on any atom is -0.497 e. The minimum absolute atomic E-state index is 0.156. The number of aryl methyl sites for hydroxylation is 1. The van der Waals surface area contributed by atoms with Crippen molar-refractivity contribution >= 4 is 29.1 Å². The van der Waals surface area contributed by atoms with Crippen molar-refractivity contribution in [2.24, 2.45) is 5.92 Å². The molecular weight excluding hydrogens is 438 g/mol. The van der Waals surface area contributed by atoms with Crippen molar-refractivity contribution in [2.75, 3.05) is 19.1 Å². The number of ether oxygens (including phenoxy) is 1. The molecule has 0 bridgehead atoms. The molecule has 2 aromatic rings. The van der Waals surface area contributed by atoms with E-state index in [-0.39, 0.29) is 11.8 Å². The number of likely N-dealkylation sites (N-methyl/N-ethyl adjacent to an activating group) is 1. The smallest absolute Gasteiger partial charge is 0.263 e. The third-order valence-corrected chi connectivity index (χ3v) is 6.77. The monoisotopic (exact) mass is 471 g/mol. The normalized spacial score (nSPS) is 14.9. The van der Waals surface area contributed by atoms with Gasteiger partial charge >= 0.3 is 0 Å². The number of anilines is 1. The van der Waals surface area contributed by atoms with Crippen molar-refractivity contribution in [3.05, 3.63) is 58.6 Å². The van der Waals surface area contributed by atoms with Gasteiger partial charge in [-0.3, -0.25) is 20.0 Å². The standard InChI is InChI=1S/C26H34ClN3O3/c1-4-30(29-20-13-15-21(33-3)16-14-20)26(32)23(17-19-10-6-5-7-11-19)28-25(31)22-12-8-9-18(2)24(22)27/h8-9,12-16,19,23,29H,4-7,10-11,17H2,1-3H3,(H,28,31). The summed E-state index contributed by atoms with van der Waals surface area (Å²) in [6, 6.07) is 12.1. The molecule has 0 aromatic heterocycles. The molecular formula is C26H34ClN3O3. The maximum atomic E-state index is 13.6. The molecule has 1 aliphatic rings. The second-order valence-corrected chi connectivity index (χ2v) is 9.00. The van der Waals surface area contributed by atoms with Gasteiger partial charge in [0, 0.05) is 6.54 Å². The van der Waals surface area contributed by atoms with E-state index >= 15 is 0 Å². The van der Waals surface area contributed by atoms with E-state index in [0.29, 0.717) is 29.5 Å². The summed E-state index contributed by atoms with van der Waals surface area (Å²) >= 11 is 6.39. The summed E-state index contributed by atoms with van der Waals surface area (Å²) < 4.78 is 5.21. The Balaban J connectivity index is 1.79. The van der Waals surface area contributed by atoms with Gasteiger partial charge in [-0.15, -0.1) is 0 Å². The average molecular weight is 472 g/mol. The molecule has 178 valence electrons. The van der Waals surface area contributed by atoms with Gasteiger partial charge in [0.05, 0.1) is 23.4 Å². The number of amides is 2. The fourth-order valence-corrected chi connectivity index (χ4v) is 4.55. The summed E-state index contributed by atoms with van der Waals surface area (Å²) in [5.74, 6) is 0.683. The van der Waals surface area contributed by atoms with E-state index in [2.05, 4.69) is 10.7 Å². The van der Waals surface area contributed by atoms with Crippen LogP contribution in [0, 0.1) is 12.8 Å². The zero-order valence-corrected chi connectivity index (χ0v) is 20.5. The summed E-state index contributed by atoms with van der Waals surface area (Å²) in [6.07, 6.45) is 6.37. The number of methoxy groups -OCH3 is 1. The van der Waals surface area contributed by atoms with E-state index in [4.69, 9.17) is 16.3 Å². The lowest BCUT2D eigenvalue weighted by Gasteiger charge is -2.31. The molecule has 1 fully saturated rings. The topological polar surface area (TPSA) is 70.7 Å². The first-order chi connectivity index (χ1) is 15.9. The molecule has 0 spiro atoms. The SMILES string of the molecule is CCN(Nc1ccc(OC)cc1)C(=O)C(CC1CCCCC1)NC(=O)c1cccc(C)c1Cl. The molecule has 1 aliphatic carbocycles. The fraction of sp³-hybridized carbons (Fsp3) is 0.462. The molecule has 7 heteroatoms. The molecule has 1 unspecified atom stereocenters. The van der Waals surface area contributed by atoms with Crippen LogP contribution in [0.1, 0.15) is 61.4 Å². The van der Waals surface area contributed by atoms with Gasteiger partial charge in [-0.25, -0.2) is 0 Å². The van der Waals surface area contributed by atoms with Crippen molar-refractivity contribution in [3.63, 3.8) is 0 Å². The van der Waals surface area contributed by atoms with Crippen LogP contribution in [-0.2, 0) is 4.79 Å². The van der Waals surface area contributed by atoms with Gasteiger partial charge < -0.3 is 10.1 Å². The lowest BCUT2D eigenvalue weighted by atomic mass is 9.84. The number of carbonyl (C=O) groups is 2. The summed E-state index contributed by atoms with van der Waals surface area (Å²) in [4.78, 5) is 26.7. The third kappa shape index (κ3) is 6.64. The van der Waals surface area contributed by atoms with E-state index in [1.54, 1.807) is 24.3 Å². The Hall–Kier alpha value is -2.73. The van der Waals surface area contributed by atoms with Crippen LogP contribution >= 0.6 is 11.6 Å². The van der Waals surface area contributed by atoms with Gasteiger partial charge in [0.25, 0.3) is 11.8 Å². The van der Waals surface area contributed by atoms with Crippen LogP contribution in [0.15, 0.2) is 42.5 Å². The van der Waals surface area contributed by atoms with Crippen molar-refractivity contribution < 1.29 is 14.3 Å². The number of nitrogens with zero attached hydrogens (tertiary/aromatic N) is 1. The number of rotatable bonds is 9. The van der Waals surface area contributed by atoms with Gasteiger partial charge in [0.1, 0.15) is 11.8 Å². The van der Waals surface area contributed by atoms with Crippen LogP contribution in [-0.4, -0.2) is 36.5 Å². The van der Waals surface area contributed by atoms with Gasteiger partial charge in [0.15, 0.2) is 0 Å². The summed E-state index contributed by atoms with van der Waals surface area (Å²) in [5.41, 5.74) is 5.18. The molecule has 33 heavy (non-hydrogen) atoms. The second kappa shape index (κ2) is 11.9. The van der Waals surface area contributed by atoms with Crippen LogP contribution in [0.3, 0.4) is 0 Å². The van der Waals surface area contributed by atoms with E-state index < -0.39 is 6.04 Å². The summed E-state index contributed by atoms with van der Waals surface area (Å²) in [6.45, 7) is 4.22. The number of benzene rings is 2. The van der Waals surface area contributed by atoms with Gasteiger partial charge in [0.2, 0.25) is 0 Å². The predicted octanol–water partition coefficient (Wildman–Crippen LogP) is 5.60. The average Bonchev–Trinajstić information content (AvgIpc) is 2.84. The largest absolute Gasteiger partial charge is 0.497 e. The Morgan fingerprint density at radius 1 is 1.12 bits per heavy atom. The lowest BCUT2D eigenvalue weighted by molar-refractivity contribution is -0.132. The van der Waals surface area contributed by atoms with Crippen LogP contribution < -0.4 is 15.5 Å². The molecule has 2 N–H and O–H groups in total. The van der Waals surface area contributed by atoms with Crippen molar-refractivity contribution in [1.29, 1.82) is 0 Å². The number of hydrogen-bond acceptors (Lipinski definition) is 4. The summed E-state index contributed by atoms with van der Waals surface area (Å²) in [7, 11) is 1.61. The zero-order valence-electron chi connectivity index (χ0n) is 19.7. The van der Waals surface area contributed by atoms with Crippen LogP contribution in [0.2, 0.25) is 5.02 Å². The highest BCUT2D eigenvalue weighted by atomic mass is 35.5. The van der Waals surface area contributed by atoms with E-state index in [1.807, 2.05) is 44.2 Å². The van der Waals surface area contributed by atoms with Crippen LogP contribution in [0.25, 0.3) is 0 Å². The van der Waals surface area contributed by atoms with Crippen LogP contribution in [0.4, 0.5) is 5.69 Å². The molecule has 3 rings (SSSR count). The number of carbonyl (C=O) groups excluding carboxylic acids is 2. The first-order valence-electron chi connectivity index (χ1n) is 11.7. The zero-order chi connectivity index (χ0) is 23.8. The second-order valence-electron chi connectivity index (χ2n) is 8.63. The molecule has 0 aliphatic heterocycles. The van der Waals surface area contributed by atoms with E-state index in [9.17, 15) is 9.59 Å². The van der Waals surface area contributed by atoms with Gasteiger partial charge in [-0.1, -0.05) is 55.8 Å². The Morgan fingerprint density at radius 3 is 2.45 bits per heavy atom. The summed E-state index contributed by atoms with van der Waals surface area (Å²) in [5, 5.41) is 4.97.